The van der Waals surface area contributed by atoms with Gasteiger partial charge >= 0.3 is 6.03 Å². The molecule has 0 aromatic heterocycles. The van der Waals surface area contributed by atoms with Gasteiger partial charge in [0.05, 0.1) is 6.54 Å². The van der Waals surface area contributed by atoms with E-state index in [1.54, 1.807) is 6.92 Å². The number of amides is 3. The van der Waals surface area contributed by atoms with Crippen LogP contribution in [0.4, 0.5) is 9.18 Å². The summed E-state index contributed by atoms with van der Waals surface area (Å²) in [4.78, 5) is 26.8. The van der Waals surface area contributed by atoms with E-state index in [2.05, 4.69) is 5.32 Å². The lowest BCUT2D eigenvalue weighted by atomic mass is 9.88. The largest absolute Gasteiger partial charge is 0.325 e. The van der Waals surface area contributed by atoms with Crippen LogP contribution >= 0.6 is 11.6 Å². The summed E-state index contributed by atoms with van der Waals surface area (Å²) >= 11 is 6.06. The second-order valence-electron chi connectivity index (χ2n) is 6.67. The van der Waals surface area contributed by atoms with E-state index in [4.69, 9.17) is 11.6 Å². The van der Waals surface area contributed by atoms with Crippen molar-refractivity contribution in [1.29, 1.82) is 0 Å². The summed E-state index contributed by atoms with van der Waals surface area (Å²) in [6.45, 7) is 1.44. The van der Waals surface area contributed by atoms with E-state index in [9.17, 15) is 14.0 Å². The Bertz CT molecular complexity index is 1060. The van der Waals surface area contributed by atoms with Crippen LogP contribution in [0.5, 0.6) is 0 Å². The van der Waals surface area contributed by atoms with Gasteiger partial charge in [0.25, 0.3) is 5.91 Å². The Morgan fingerprint density at radius 3 is 2.52 bits per heavy atom. The third-order valence-electron chi connectivity index (χ3n) is 4.98. The predicted molar refractivity (Wildman–Crippen MR) is 102 cm³/mol. The standard InChI is InChI=1S/C21H16ClFN2O2/c1-21(16-9-4-7-13-6-2-3-8-14(13)16)19(26)25(20(27)24-21)12-15-17(22)10-5-11-18(15)23/h2-11H,12H2,1H3,(H,24,27). The summed E-state index contributed by atoms with van der Waals surface area (Å²) in [5.74, 6) is -0.995. The molecule has 4 nitrogen and oxygen atoms in total. The minimum Gasteiger partial charge on any atom is -0.319 e. The second kappa shape index (κ2) is 6.35. The van der Waals surface area contributed by atoms with E-state index >= 15 is 0 Å². The predicted octanol–water partition coefficient (Wildman–Crippen LogP) is 4.60. The van der Waals surface area contributed by atoms with Crippen molar-refractivity contribution in [1.82, 2.24) is 10.2 Å². The summed E-state index contributed by atoms with van der Waals surface area (Å²) in [5.41, 5.74) is -0.429. The van der Waals surface area contributed by atoms with Crippen LogP contribution in [0.25, 0.3) is 10.8 Å². The normalized spacial score (nSPS) is 19.6. The fourth-order valence-corrected chi connectivity index (χ4v) is 3.75. The zero-order valence-electron chi connectivity index (χ0n) is 14.5. The van der Waals surface area contributed by atoms with Crippen molar-refractivity contribution >= 4 is 34.3 Å². The fourth-order valence-electron chi connectivity index (χ4n) is 3.53. The maximum absolute atomic E-state index is 14.1. The third kappa shape index (κ3) is 2.75. The smallest absolute Gasteiger partial charge is 0.319 e. The van der Waals surface area contributed by atoms with Crippen LogP contribution in [0.2, 0.25) is 5.02 Å². The number of fused-ring (bicyclic) bond motifs is 1. The number of hydrogen-bond acceptors (Lipinski definition) is 2. The monoisotopic (exact) mass is 382 g/mol. The molecule has 4 rings (SSSR count). The quantitative estimate of drug-likeness (QED) is 0.673. The first kappa shape index (κ1) is 17.5. The lowest BCUT2D eigenvalue weighted by Gasteiger charge is -2.24. The topological polar surface area (TPSA) is 49.4 Å². The average Bonchev–Trinajstić information content (AvgIpc) is 2.87. The number of carbonyl (C=O) groups is 2. The molecule has 0 radical (unpaired) electrons. The number of nitrogens with one attached hydrogen (secondary N) is 1. The molecule has 1 aliphatic rings. The van der Waals surface area contributed by atoms with Crippen molar-refractivity contribution in [2.45, 2.75) is 19.0 Å². The number of imide groups is 1. The van der Waals surface area contributed by atoms with Crippen molar-refractivity contribution in [2.24, 2.45) is 0 Å². The molecule has 3 aromatic carbocycles. The summed E-state index contributed by atoms with van der Waals surface area (Å²) in [5, 5.41) is 4.79. The molecule has 1 saturated heterocycles. The minimum atomic E-state index is -1.24. The molecule has 1 N–H and O–H groups in total. The lowest BCUT2D eigenvalue weighted by molar-refractivity contribution is -0.131. The van der Waals surface area contributed by atoms with Crippen molar-refractivity contribution in [2.75, 3.05) is 0 Å². The van der Waals surface area contributed by atoms with Crippen LogP contribution in [0, 0.1) is 5.82 Å². The third-order valence-corrected chi connectivity index (χ3v) is 5.34. The van der Waals surface area contributed by atoms with Gasteiger partial charge in [0.15, 0.2) is 0 Å². The van der Waals surface area contributed by atoms with Gasteiger partial charge in [-0.15, -0.1) is 0 Å². The number of halogens is 2. The number of carbonyl (C=O) groups excluding carboxylic acids is 2. The van der Waals surface area contributed by atoms with Crippen LogP contribution in [0.3, 0.4) is 0 Å². The number of benzene rings is 3. The Morgan fingerprint density at radius 1 is 1.04 bits per heavy atom. The molecule has 1 atom stereocenters. The highest BCUT2D eigenvalue weighted by Crippen LogP contribution is 2.35. The van der Waals surface area contributed by atoms with Gasteiger partial charge in [-0.05, 0) is 35.4 Å². The van der Waals surface area contributed by atoms with Crippen LogP contribution in [-0.2, 0) is 16.9 Å². The first-order valence-corrected chi connectivity index (χ1v) is 8.85. The van der Waals surface area contributed by atoms with Crippen molar-refractivity contribution in [3.63, 3.8) is 0 Å². The Kier molecular flexibility index (Phi) is 4.12. The van der Waals surface area contributed by atoms with Crippen LogP contribution in [-0.4, -0.2) is 16.8 Å². The van der Waals surface area contributed by atoms with E-state index in [1.165, 1.54) is 18.2 Å². The molecule has 1 aliphatic heterocycles. The zero-order chi connectivity index (χ0) is 19.2. The maximum Gasteiger partial charge on any atom is 0.325 e. The molecule has 0 aliphatic carbocycles. The van der Waals surface area contributed by atoms with Gasteiger partial charge in [-0.3, -0.25) is 9.69 Å². The van der Waals surface area contributed by atoms with Crippen molar-refractivity contribution in [3.05, 3.63) is 82.6 Å². The minimum absolute atomic E-state index is 0.116. The molecule has 6 heteroatoms. The van der Waals surface area contributed by atoms with Gasteiger partial charge < -0.3 is 5.32 Å². The first-order valence-electron chi connectivity index (χ1n) is 8.47. The van der Waals surface area contributed by atoms with Gasteiger partial charge in [0, 0.05) is 10.6 Å². The molecule has 136 valence electrons. The summed E-state index contributed by atoms with van der Waals surface area (Å²) in [6, 6.07) is 16.9. The Balaban J connectivity index is 1.76. The molecule has 0 bridgehead atoms. The molecule has 1 fully saturated rings. The molecule has 27 heavy (non-hydrogen) atoms. The van der Waals surface area contributed by atoms with Gasteiger partial charge in [0.2, 0.25) is 0 Å². The van der Waals surface area contributed by atoms with Gasteiger partial charge in [-0.25, -0.2) is 9.18 Å². The molecular formula is C21H16ClFN2O2. The summed E-state index contributed by atoms with van der Waals surface area (Å²) < 4.78 is 14.1. The van der Waals surface area contributed by atoms with E-state index in [-0.39, 0.29) is 17.1 Å². The molecule has 3 amide bonds. The SMILES string of the molecule is CC1(c2cccc3ccccc23)NC(=O)N(Cc2c(F)cccc2Cl)C1=O. The Hall–Kier alpha value is -2.92. The highest BCUT2D eigenvalue weighted by atomic mass is 35.5. The molecule has 1 heterocycles. The Labute approximate surface area is 160 Å². The van der Waals surface area contributed by atoms with Crippen molar-refractivity contribution < 1.29 is 14.0 Å². The Morgan fingerprint density at radius 2 is 1.74 bits per heavy atom. The molecule has 3 aromatic rings. The van der Waals surface area contributed by atoms with E-state index in [0.717, 1.165) is 15.7 Å². The van der Waals surface area contributed by atoms with Gasteiger partial charge in [-0.2, -0.15) is 0 Å². The maximum atomic E-state index is 14.1. The number of rotatable bonds is 3. The molecule has 1 unspecified atom stereocenters. The number of urea groups is 1. The van der Waals surface area contributed by atoms with Gasteiger partial charge in [0.1, 0.15) is 11.4 Å². The van der Waals surface area contributed by atoms with Crippen LogP contribution in [0.15, 0.2) is 60.7 Å². The average molecular weight is 383 g/mol. The zero-order valence-corrected chi connectivity index (χ0v) is 15.3. The van der Waals surface area contributed by atoms with E-state index < -0.39 is 23.3 Å². The van der Waals surface area contributed by atoms with E-state index in [1.807, 2.05) is 42.5 Å². The second-order valence-corrected chi connectivity index (χ2v) is 7.08. The highest BCUT2D eigenvalue weighted by Gasteiger charge is 2.49. The number of hydrogen-bond donors (Lipinski definition) is 1. The first-order chi connectivity index (χ1) is 12.9. The van der Waals surface area contributed by atoms with Gasteiger partial charge in [-0.1, -0.05) is 60.1 Å². The van der Waals surface area contributed by atoms with Crippen molar-refractivity contribution in [3.8, 4) is 0 Å². The highest BCUT2D eigenvalue weighted by molar-refractivity contribution is 6.31. The van der Waals surface area contributed by atoms with Crippen LogP contribution in [0.1, 0.15) is 18.1 Å². The molecular weight excluding hydrogens is 367 g/mol. The number of nitrogens with zero attached hydrogens (tertiary/aromatic N) is 1. The lowest BCUT2D eigenvalue weighted by Crippen LogP contribution is -2.41. The summed E-state index contributed by atoms with van der Waals surface area (Å²) in [7, 11) is 0. The fraction of sp³-hybridized carbons (Fsp3) is 0.143. The summed E-state index contributed by atoms with van der Waals surface area (Å²) in [6.07, 6.45) is 0. The molecule has 0 saturated carbocycles. The van der Waals surface area contributed by atoms with Crippen LogP contribution < -0.4 is 5.32 Å². The van der Waals surface area contributed by atoms with E-state index in [0.29, 0.717) is 5.56 Å². The molecule has 0 spiro atoms.